The Labute approximate surface area is 179 Å². The van der Waals surface area contributed by atoms with E-state index < -0.39 is 6.09 Å². The number of anilines is 1. The van der Waals surface area contributed by atoms with Gasteiger partial charge in [0.1, 0.15) is 5.82 Å². The highest BCUT2D eigenvalue weighted by Crippen LogP contribution is 2.35. The van der Waals surface area contributed by atoms with Crippen molar-refractivity contribution in [2.45, 2.75) is 44.4 Å². The Bertz CT molecular complexity index is 988. The number of halogens is 1. The van der Waals surface area contributed by atoms with Crippen molar-refractivity contribution in [1.29, 1.82) is 0 Å². The summed E-state index contributed by atoms with van der Waals surface area (Å²) < 4.78 is 0. The van der Waals surface area contributed by atoms with Gasteiger partial charge in [-0.2, -0.15) is 0 Å². The SMILES string of the molecule is O=C1Cc2c(nc(Cl)nc2N2C[C@H]3CC[C@@H](C2)N3C(=O)O)CN1Cc1ccccc1. The Morgan fingerprint density at radius 1 is 1.13 bits per heavy atom. The molecule has 2 amide bonds. The number of carbonyl (C=O) groups excluding carboxylic acids is 1. The van der Waals surface area contributed by atoms with E-state index in [4.69, 9.17) is 11.6 Å². The van der Waals surface area contributed by atoms with Crippen molar-refractivity contribution in [2.75, 3.05) is 18.0 Å². The molecule has 3 aliphatic rings. The van der Waals surface area contributed by atoms with Crippen LogP contribution in [0.5, 0.6) is 0 Å². The fraction of sp³-hybridized carbons (Fsp3) is 0.429. The molecule has 5 rings (SSSR count). The van der Waals surface area contributed by atoms with E-state index in [2.05, 4.69) is 14.9 Å². The van der Waals surface area contributed by atoms with Crippen LogP contribution in [0.2, 0.25) is 5.28 Å². The van der Waals surface area contributed by atoms with Crippen LogP contribution < -0.4 is 4.90 Å². The van der Waals surface area contributed by atoms with E-state index in [0.717, 1.165) is 29.7 Å². The van der Waals surface area contributed by atoms with Gasteiger partial charge in [0.15, 0.2) is 0 Å². The molecule has 2 bridgehead atoms. The molecule has 0 radical (unpaired) electrons. The number of hydrogen-bond acceptors (Lipinski definition) is 5. The smallest absolute Gasteiger partial charge is 0.407 e. The monoisotopic (exact) mass is 427 g/mol. The van der Waals surface area contributed by atoms with Crippen LogP contribution in [0.1, 0.15) is 29.7 Å². The summed E-state index contributed by atoms with van der Waals surface area (Å²) in [6, 6.07) is 9.75. The summed E-state index contributed by atoms with van der Waals surface area (Å²) in [6.07, 6.45) is 1.05. The zero-order valence-corrected chi connectivity index (χ0v) is 17.1. The predicted molar refractivity (Wildman–Crippen MR) is 110 cm³/mol. The molecule has 3 aliphatic heterocycles. The number of benzene rings is 1. The molecule has 8 nitrogen and oxygen atoms in total. The Hall–Kier alpha value is -2.87. The van der Waals surface area contributed by atoms with E-state index in [0.29, 0.717) is 32.0 Å². The number of fused-ring (bicyclic) bond motifs is 3. The van der Waals surface area contributed by atoms with Gasteiger partial charge in [0, 0.05) is 25.2 Å². The second-order valence-electron chi connectivity index (χ2n) is 8.13. The molecule has 1 aromatic heterocycles. The zero-order chi connectivity index (χ0) is 20.8. The molecule has 2 aromatic rings. The molecule has 2 saturated heterocycles. The molecule has 0 saturated carbocycles. The number of rotatable bonds is 3. The maximum atomic E-state index is 12.9. The van der Waals surface area contributed by atoms with Gasteiger partial charge in [0.2, 0.25) is 11.2 Å². The lowest BCUT2D eigenvalue weighted by Gasteiger charge is -2.41. The number of carbonyl (C=O) groups is 2. The topological polar surface area (TPSA) is 89.9 Å². The Morgan fingerprint density at radius 3 is 2.50 bits per heavy atom. The Kier molecular flexibility index (Phi) is 4.73. The van der Waals surface area contributed by atoms with Crippen molar-refractivity contribution in [1.82, 2.24) is 19.8 Å². The molecule has 2 fully saturated rings. The van der Waals surface area contributed by atoms with Crippen molar-refractivity contribution in [2.24, 2.45) is 0 Å². The molecular formula is C21H22ClN5O3. The minimum absolute atomic E-state index is 0.0330. The number of amides is 2. The van der Waals surface area contributed by atoms with Gasteiger partial charge in [-0.25, -0.2) is 14.8 Å². The summed E-state index contributed by atoms with van der Waals surface area (Å²) in [5, 5.41) is 9.67. The van der Waals surface area contributed by atoms with E-state index in [1.165, 1.54) is 0 Å². The summed E-state index contributed by atoms with van der Waals surface area (Å²) >= 11 is 6.26. The van der Waals surface area contributed by atoms with Crippen LogP contribution >= 0.6 is 11.6 Å². The highest BCUT2D eigenvalue weighted by molar-refractivity contribution is 6.28. The average molecular weight is 428 g/mol. The number of aromatic nitrogens is 2. The Morgan fingerprint density at radius 2 is 1.83 bits per heavy atom. The minimum Gasteiger partial charge on any atom is -0.465 e. The summed E-state index contributed by atoms with van der Waals surface area (Å²) in [6.45, 7) is 2.03. The molecule has 9 heteroatoms. The highest BCUT2D eigenvalue weighted by atomic mass is 35.5. The van der Waals surface area contributed by atoms with Crippen LogP contribution in [0, 0.1) is 0 Å². The minimum atomic E-state index is -0.864. The number of carboxylic acid groups (broad SMARTS) is 1. The van der Waals surface area contributed by atoms with Gasteiger partial charge in [-0.1, -0.05) is 30.3 Å². The average Bonchev–Trinajstić information content (AvgIpc) is 2.99. The second kappa shape index (κ2) is 7.43. The fourth-order valence-corrected chi connectivity index (χ4v) is 5.11. The molecule has 1 N–H and O–H groups in total. The van der Waals surface area contributed by atoms with E-state index >= 15 is 0 Å². The first-order valence-electron chi connectivity index (χ1n) is 10.1. The van der Waals surface area contributed by atoms with Crippen LogP contribution in [0.4, 0.5) is 10.6 Å². The lowest BCUT2D eigenvalue weighted by atomic mass is 10.0. The van der Waals surface area contributed by atoms with Crippen molar-refractivity contribution in [3.05, 3.63) is 52.4 Å². The van der Waals surface area contributed by atoms with Gasteiger partial charge in [-0.05, 0) is 30.0 Å². The van der Waals surface area contributed by atoms with Crippen LogP contribution in [-0.2, 0) is 24.3 Å². The molecular weight excluding hydrogens is 406 g/mol. The maximum absolute atomic E-state index is 12.9. The second-order valence-corrected chi connectivity index (χ2v) is 8.47. The first kappa shape index (κ1) is 19.1. The summed E-state index contributed by atoms with van der Waals surface area (Å²) in [5.74, 6) is 0.713. The third-order valence-electron chi connectivity index (χ3n) is 6.28. The largest absolute Gasteiger partial charge is 0.465 e. The maximum Gasteiger partial charge on any atom is 0.407 e. The van der Waals surface area contributed by atoms with Gasteiger partial charge in [0.05, 0.1) is 30.7 Å². The quantitative estimate of drug-likeness (QED) is 0.757. The normalized spacial score (nSPS) is 23.0. The third kappa shape index (κ3) is 3.35. The molecule has 0 spiro atoms. The lowest BCUT2D eigenvalue weighted by molar-refractivity contribution is -0.132. The van der Waals surface area contributed by atoms with Gasteiger partial charge >= 0.3 is 6.09 Å². The van der Waals surface area contributed by atoms with Crippen molar-refractivity contribution >= 4 is 29.4 Å². The van der Waals surface area contributed by atoms with Crippen molar-refractivity contribution in [3.8, 4) is 0 Å². The van der Waals surface area contributed by atoms with Gasteiger partial charge < -0.3 is 14.9 Å². The summed E-state index contributed by atoms with van der Waals surface area (Å²) in [5.41, 5.74) is 2.65. The van der Waals surface area contributed by atoms with E-state index in [1.807, 2.05) is 30.3 Å². The van der Waals surface area contributed by atoms with E-state index in [9.17, 15) is 14.7 Å². The summed E-state index contributed by atoms with van der Waals surface area (Å²) in [7, 11) is 0. The molecule has 4 heterocycles. The van der Waals surface area contributed by atoms with Gasteiger partial charge in [0.25, 0.3) is 0 Å². The number of piperazine rings is 1. The predicted octanol–water partition coefficient (Wildman–Crippen LogP) is 2.55. The van der Waals surface area contributed by atoms with Crippen LogP contribution in [0.3, 0.4) is 0 Å². The molecule has 0 unspecified atom stereocenters. The molecule has 1 aromatic carbocycles. The third-order valence-corrected chi connectivity index (χ3v) is 6.45. The Balaban J connectivity index is 1.42. The molecule has 0 aliphatic carbocycles. The first-order valence-corrected chi connectivity index (χ1v) is 10.5. The lowest BCUT2D eigenvalue weighted by Crippen LogP contribution is -2.56. The van der Waals surface area contributed by atoms with Gasteiger partial charge in [-0.3, -0.25) is 9.69 Å². The van der Waals surface area contributed by atoms with Crippen LogP contribution in [0.15, 0.2) is 30.3 Å². The number of nitrogens with zero attached hydrogens (tertiary/aromatic N) is 5. The van der Waals surface area contributed by atoms with Crippen molar-refractivity contribution < 1.29 is 14.7 Å². The van der Waals surface area contributed by atoms with Gasteiger partial charge in [-0.15, -0.1) is 0 Å². The standard InChI is InChI=1S/C21H22ClN5O3/c22-20-23-17-12-25(9-13-4-2-1-3-5-13)18(28)8-16(17)19(24-20)26-10-14-6-7-15(11-26)27(14)21(29)30/h1-5,14-15H,6-12H2,(H,29,30)/t14-,15+. The fourth-order valence-electron chi connectivity index (χ4n) is 4.93. The molecule has 2 atom stereocenters. The number of hydrogen-bond donors (Lipinski definition) is 1. The van der Waals surface area contributed by atoms with Crippen molar-refractivity contribution in [3.63, 3.8) is 0 Å². The van der Waals surface area contributed by atoms with E-state index in [1.54, 1.807) is 9.80 Å². The summed E-state index contributed by atoms with van der Waals surface area (Å²) in [4.78, 5) is 38.8. The van der Waals surface area contributed by atoms with Crippen LogP contribution in [-0.4, -0.2) is 62.0 Å². The van der Waals surface area contributed by atoms with E-state index in [-0.39, 0.29) is 29.7 Å². The highest BCUT2D eigenvalue weighted by Gasteiger charge is 2.44. The molecule has 156 valence electrons. The molecule has 30 heavy (non-hydrogen) atoms. The first-order chi connectivity index (χ1) is 14.5. The zero-order valence-electron chi connectivity index (χ0n) is 16.4. The van der Waals surface area contributed by atoms with Crippen LogP contribution in [0.25, 0.3) is 0 Å².